The Morgan fingerprint density at radius 3 is 2.47 bits per heavy atom. The normalized spacial score (nSPS) is 25.4. The van der Waals surface area contributed by atoms with Crippen LogP contribution in [-0.2, 0) is 5.41 Å². The highest BCUT2D eigenvalue weighted by molar-refractivity contribution is 6.21. The zero-order valence-corrected chi connectivity index (χ0v) is 11.3. The molecular weight excluding hydrogens is 254 g/mol. The molecule has 0 aliphatic heterocycles. The van der Waals surface area contributed by atoms with Crippen molar-refractivity contribution in [3.63, 3.8) is 0 Å². The fourth-order valence-electron chi connectivity index (χ4n) is 3.00. The van der Waals surface area contributed by atoms with E-state index in [0.29, 0.717) is 0 Å². The largest absolute Gasteiger partial charge is 0.197 e. The molecule has 0 saturated heterocycles. The molecule has 0 heterocycles. The van der Waals surface area contributed by atoms with Gasteiger partial charge in [-0.3, -0.25) is 0 Å². The number of benzene rings is 2. The van der Waals surface area contributed by atoms with Crippen LogP contribution in [0.1, 0.15) is 34.9 Å². The molecule has 94 valence electrons. The monoisotopic (exact) mass is 267 g/mol. The summed E-state index contributed by atoms with van der Waals surface area (Å²) in [4.78, 5) is 0. The summed E-state index contributed by atoms with van der Waals surface area (Å²) in [5.41, 5.74) is 2.67. The van der Waals surface area contributed by atoms with Gasteiger partial charge < -0.3 is 0 Å². The zero-order chi connectivity index (χ0) is 13.3. The van der Waals surface area contributed by atoms with Gasteiger partial charge in [-0.2, -0.15) is 5.26 Å². The van der Waals surface area contributed by atoms with Gasteiger partial charge in [-0.15, -0.1) is 11.6 Å². The molecular formula is C17H14ClN. The number of rotatable bonds is 1. The quantitative estimate of drug-likeness (QED) is 0.695. The smallest absolute Gasteiger partial charge is 0.107 e. The van der Waals surface area contributed by atoms with E-state index in [-0.39, 0.29) is 5.38 Å². The maximum atomic E-state index is 9.83. The molecule has 1 aliphatic rings. The summed E-state index contributed by atoms with van der Waals surface area (Å²) in [7, 11) is 0. The van der Waals surface area contributed by atoms with E-state index >= 15 is 0 Å². The Hall–Kier alpha value is -1.78. The van der Waals surface area contributed by atoms with Crippen LogP contribution in [0, 0.1) is 11.3 Å². The van der Waals surface area contributed by atoms with E-state index in [1.165, 1.54) is 0 Å². The predicted octanol–water partition coefficient (Wildman–Crippen LogP) is 4.57. The zero-order valence-electron chi connectivity index (χ0n) is 10.5. The first-order chi connectivity index (χ1) is 9.28. The Labute approximate surface area is 118 Å². The van der Waals surface area contributed by atoms with E-state index in [4.69, 9.17) is 11.6 Å². The Bertz CT molecular complexity index is 629. The van der Waals surface area contributed by atoms with E-state index in [9.17, 15) is 5.26 Å². The summed E-state index contributed by atoms with van der Waals surface area (Å²) in [6, 6.07) is 20.7. The molecule has 3 rings (SSSR count). The molecule has 2 aromatic carbocycles. The molecule has 0 amide bonds. The van der Waals surface area contributed by atoms with Gasteiger partial charge in [0, 0.05) is 0 Å². The van der Waals surface area contributed by atoms with Gasteiger partial charge in [0.05, 0.1) is 11.4 Å². The van der Waals surface area contributed by atoms with Gasteiger partial charge in [0.1, 0.15) is 5.41 Å². The Kier molecular flexibility index (Phi) is 3.05. The van der Waals surface area contributed by atoms with Gasteiger partial charge >= 0.3 is 0 Å². The van der Waals surface area contributed by atoms with Crippen LogP contribution in [0.15, 0.2) is 54.6 Å². The van der Waals surface area contributed by atoms with Crippen LogP contribution in [0.4, 0.5) is 0 Å². The first kappa shape index (κ1) is 12.3. The van der Waals surface area contributed by atoms with Crippen molar-refractivity contribution in [1.29, 1.82) is 5.26 Å². The first-order valence-corrected chi connectivity index (χ1v) is 6.92. The number of hydrogen-bond acceptors (Lipinski definition) is 1. The minimum atomic E-state index is -0.552. The molecule has 1 aliphatic carbocycles. The third kappa shape index (κ3) is 1.84. The third-order valence-corrected chi connectivity index (χ3v) is 4.44. The highest BCUT2D eigenvalue weighted by Gasteiger charge is 2.40. The summed E-state index contributed by atoms with van der Waals surface area (Å²) in [6.07, 6.45) is 1.61. The van der Waals surface area contributed by atoms with Crippen LogP contribution in [0.2, 0.25) is 0 Å². The summed E-state index contributed by atoms with van der Waals surface area (Å²) in [5, 5.41) is 9.85. The Morgan fingerprint density at radius 1 is 1.05 bits per heavy atom. The standard InChI is InChI=1S/C17H14ClN/c18-16-10-11-17(12-19,13-6-2-1-3-7-13)15-9-5-4-8-14(15)16/h1-9,16H,10-11H2/t16-,17-/m0/s1. The first-order valence-electron chi connectivity index (χ1n) is 6.48. The summed E-state index contributed by atoms with van der Waals surface area (Å²) >= 11 is 6.41. The summed E-state index contributed by atoms with van der Waals surface area (Å²) < 4.78 is 0. The Balaban J connectivity index is 2.25. The van der Waals surface area contributed by atoms with Crippen molar-refractivity contribution in [3.05, 3.63) is 71.3 Å². The van der Waals surface area contributed by atoms with E-state index in [1.54, 1.807) is 0 Å². The van der Waals surface area contributed by atoms with Crippen LogP contribution in [0.5, 0.6) is 0 Å². The highest BCUT2D eigenvalue weighted by atomic mass is 35.5. The molecule has 1 nitrogen and oxygen atoms in total. The van der Waals surface area contributed by atoms with Crippen LogP contribution in [-0.4, -0.2) is 0 Å². The highest BCUT2D eigenvalue weighted by Crippen LogP contribution is 2.47. The van der Waals surface area contributed by atoms with E-state index in [2.05, 4.69) is 6.07 Å². The molecule has 0 radical (unpaired) electrons. The van der Waals surface area contributed by atoms with Gasteiger partial charge in [-0.25, -0.2) is 0 Å². The fraction of sp³-hybridized carbons (Fsp3) is 0.235. The topological polar surface area (TPSA) is 23.8 Å². The number of fused-ring (bicyclic) bond motifs is 1. The number of nitriles is 1. The van der Waals surface area contributed by atoms with Crippen LogP contribution in [0.3, 0.4) is 0 Å². The maximum absolute atomic E-state index is 9.83. The number of alkyl halides is 1. The second-order valence-corrected chi connectivity index (χ2v) is 5.50. The van der Waals surface area contributed by atoms with Crippen molar-refractivity contribution in [2.75, 3.05) is 0 Å². The molecule has 0 spiro atoms. The molecule has 0 N–H and O–H groups in total. The molecule has 2 heteroatoms. The van der Waals surface area contributed by atoms with Crippen molar-refractivity contribution >= 4 is 11.6 Å². The molecule has 0 unspecified atom stereocenters. The molecule has 2 atom stereocenters. The number of halogens is 1. The van der Waals surface area contributed by atoms with Crippen molar-refractivity contribution in [2.45, 2.75) is 23.6 Å². The predicted molar refractivity (Wildman–Crippen MR) is 77.1 cm³/mol. The van der Waals surface area contributed by atoms with Crippen molar-refractivity contribution in [1.82, 2.24) is 0 Å². The molecule has 0 aromatic heterocycles. The average molecular weight is 268 g/mol. The van der Waals surface area contributed by atoms with Crippen LogP contribution >= 0.6 is 11.6 Å². The molecule has 0 fully saturated rings. The van der Waals surface area contributed by atoms with Gasteiger partial charge in [0.25, 0.3) is 0 Å². The van der Waals surface area contributed by atoms with Gasteiger partial charge in [0.2, 0.25) is 0 Å². The Morgan fingerprint density at radius 2 is 1.74 bits per heavy atom. The fourth-order valence-corrected chi connectivity index (χ4v) is 3.29. The number of hydrogen-bond donors (Lipinski definition) is 0. The van der Waals surface area contributed by atoms with E-state index in [1.807, 2.05) is 54.6 Å². The minimum absolute atomic E-state index is 0.0152. The van der Waals surface area contributed by atoms with Crippen molar-refractivity contribution in [3.8, 4) is 6.07 Å². The molecule has 0 bridgehead atoms. The molecule has 2 aromatic rings. The van der Waals surface area contributed by atoms with E-state index < -0.39 is 5.41 Å². The van der Waals surface area contributed by atoms with Gasteiger partial charge in [-0.05, 0) is 29.5 Å². The van der Waals surface area contributed by atoms with E-state index in [0.717, 1.165) is 29.5 Å². The second kappa shape index (κ2) is 4.72. The third-order valence-electron chi connectivity index (χ3n) is 3.99. The van der Waals surface area contributed by atoms with Crippen molar-refractivity contribution < 1.29 is 0 Å². The maximum Gasteiger partial charge on any atom is 0.107 e. The minimum Gasteiger partial charge on any atom is -0.197 e. The number of nitrogens with zero attached hydrogens (tertiary/aromatic N) is 1. The average Bonchev–Trinajstić information content (AvgIpc) is 2.49. The summed E-state index contributed by atoms with van der Waals surface area (Å²) in [6.45, 7) is 0. The SMILES string of the molecule is N#C[C@]1(c2ccccc2)CC[C@H](Cl)c2ccccc21. The lowest BCUT2D eigenvalue weighted by atomic mass is 9.67. The van der Waals surface area contributed by atoms with Crippen molar-refractivity contribution in [2.24, 2.45) is 0 Å². The van der Waals surface area contributed by atoms with Gasteiger partial charge in [-0.1, -0.05) is 54.6 Å². The molecule has 19 heavy (non-hydrogen) atoms. The van der Waals surface area contributed by atoms with Crippen LogP contribution < -0.4 is 0 Å². The molecule has 0 saturated carbocycles. The van der Waals surface area contributed by atoms with Gasteiger partial charge in [0.15, 0.2) is 0 Å². The van der Waals surface area contributed by atoms with Crippen LogP contribution in [0.25, 0.3) is 0 Å². The summed E-state index contributed by atoms with van der Waals surface area (Å²) in [5.74, 6) is 0. The lowest BCUT2D eigenvalue weighted by Gasteiger charge is -2.35. The second-order valence-electron chi connectivity index (χ2n) is 4.98. The lowest BCUT2D eigenvalue weighted by molar-refractivity contribution is 0.515. The lowest BCUT2D eigenvalue weighted by Crippen LogP contribution is -2.31.